The Morgan fingerprint density at radius 3 is 2.74 bits per heavy atom. The Morgan fingerprint density at radius 1 is 1.26 bits per heavy atom. The average Bonchev–Trinajstić information content (AvgIpc) is 3.00. The summed E-state index contributed by atoms with van der Waals surface area (Å²) in [5, 5.41) is 5.87. The Morgan fingerprint density at radius 2 is 2.04 bits per heavy atom. The van der Waals surface area contributed by atoms with Crippen LogP contribution in [-0.2, 0) is 4.79 Å². The summed E-state index contributed by atoms with van der Waals surface area (Å²) >= 11 is 0. The highest BCUT2D eigenvalue weighted by atomic mass is 19.1. The molecular weight excluding hydrogens is 295 g/mol. The van der Waals surface area contributed by atoms with Crippen LogP contribution in [0.3, 0.4) is 0 Å². The first-order chi connectivity index (χ1) is 11.1. The smallest absolute Gasteiger partial charge is 0.240 e. The van der Waals surface area contributed by atoms with Crippen molar-refractivity contribution in [3.8, 4) is 5.75 Å². The highest BCUT2D eigenvalue weighted by molar-refractivity contribution is 6.05. The number of hydrogen-bond acceptors (Lipinski definition) is 3. The Kier molecular flexibility index (Phi) is 4.10. The topological polar surface area (TPSA) is 41.9 Å². The van der Waals surface area contributed by atoms with E-state index < -0.39 is 0 Å². The van der Waals surface area contributed by atoms with Crippen LogP contribution in [0.1, 0.15) is 30.5 Å². The van der Waals surface area contributed by atoms with E-state index in [1.807, 2.05) is 30.3 Å². The van der Waals surface area contributed by atoms with Gasteiger partial charge in [-0.3, -0.25) is 4.79 Å². The highest BCUT2D eigenvalue weighted by Gasteiger charge is 2.32. The molecule has 1 amide bonds. The average molecular weight is 312 g/mol. The molecule has 23 heavy (non-hydrogen) atoms. The fourth-order valence-corrected chi connectivity index (χ4v) is 2.82. The van der Waals surface area contributed by atoms with Gasteiger partial charge in [-0.05, 0) is 29.8 Å². The van der Waals surface area contributed by atoms with E-state index in [1.54, 1.807) is 13.2 Å². The van der Waals surface area contributed by atoms with E-state index in [2.05, 4.69) is 5.10 Å². The van der Waals surface area contributed by atoms with Crippen LogP contribution in [0.5, 0.6) is 5.75 Å². The number of nitrogens with zero attached hydrogens (tertiary/aromatic N) is 2. The Labute approximate surface area is 134 Å². The molecule has 0 fully saturated rings. The third kappa shape index (κ3) is 2.95. The lowest BCUT2D eigenvalue weighted by atomic mass is 9.98. The molecule has 0 spiro atoms. The highest BCUT2D eigenvalue weighted by Crippen LogP contribution is 2.34. The molecule has 0 bridgehead atoms. The van der Waals surface area contributed by atoms with E-state index in [1.165, 1.54) is 24.1 Å². The van der Waals surface area contributed by atoms with E-state index in [9.17, 15) is 9.18 Å². The second-order valence-corrected chi connectivity index (χ2v) is 5.39. The van der Waals surface area contributed by atoms with Gasteiger partial charge in [0.2, 0.25) is 5.91 Å². The summed E-state index contributed by atoms with van der Waals surface area (Å²) in [5.41, 5.74) is 2.33. The normalized spacial score (nSPS) is 17.1. The maximum atomic E-state index is 13.5. The second-order valence-electron chi connectivity index (χ2n) is 5.39. The number of methoxy groups -OCH3 is 1. The summed E-state index contributed by atoms with van der Waals surface area (Å²) in [4.78, 5) is 11.9. The molecule has 1 aliphatic heterocycles. The van der Waals surface area contributed by atoms with Gasteiger partial charge in [0.05, 0.1) is 18.9 Å². The zero-order valence-electron chi connectivity index (χ0n) is 13.0. The van der Waals surface area contributed by atoms with Crippen molar-refractivity contribution in [1.29, 1.82) is 0 Å². The number of carbonyl (C=O) groups excluding carboxylic acids is 1. The Hall–Kier alpha value is -2.69. The van der Waals surface area contributed by atoms with E-state index in [4.69, 9.17) is 4.74 Å². The molecular formula is C18H17FN2O2. The number of ether oxygens (including phenoxy) is 1. The van der Waals surface area contributed by atoms with Crippen molar-refractivity contribution < 1.29 is 13.9 Å². The molecule has 1 aliphatic rings. The molecule has 1 unspecified atom stereocenters. The van der Waals surface area contributed by atoms with Gasteiger partial charge in [-0.15, -0.1) is 0 Å². The van der Waals surface area contributed by atoms with Crippen molar-refractivity contribution in [2.45, 2.75) is 19.4 Å². The molecule has 3 rings (SSSR count). The predicted molar refractivity (Wildman–Crippen MR) is 85.8 cm³/mol. The van der Waals surface area contributed by atoms with E-state index in [0.717, 1.165) is 16.8 Å². The monoisotopic (exact) mass is 312 g/mol. The van der Waals surface area contributed by atoms with Crippen molar-refractivity contribution in [3.63, 3.8) is 0 Å². The zero-order valence-corrected chi connectivity index (χ0v) is 13.0. The maximum Gasteiger partial charge on any atom is 0.240 e. The summed E-state index contributed by atoms with van der Waals surface area (Å²) in [5.74, 6) is 0.204. The summed E-state index contributed by atoms with van der Waals surface area (Å²) in [6.07, 6.45) is 0.517. The summed E-state index contributed by atoms with van der Waals surface area (Å²) < 4.78 is 18.9. The molecule has 1 heterocycles. The van der Waals surface area contributed by atoms with E-state index in [0.29, 0.717) is 12.2 Å². The van der Waals surface area contributed by atoms with Crippen LogP contribution in [0.2, 0.25) is 0 Å². The first-order valence-corrected chi connectivity index (χ1v) is 7.36. The predicted octanol–water partition coefficient (Wildman–Crippen LogP) is 3.53. The van der Waals surface area contributed by atoms with Gasteiger partial charge in [0.25, 0.3) is 0 Å². The Balaban J connectivity index is 1.99. The fourth-order valence-electron chi connectivity index (χ4n) is 2.82. The van der Waals surface area contributed by atoms with Gasteiger partial charge in [0, 0.05) is 18.9 Å². The molecule has 0 aliphatic carbocycles. The minimum absolute atomic E-state index is 0.177. The molecule has 1 atom stereocenters. The molecule has 0 aromatic heterocycles. The zero-order chi connectivity index (χ0) is 16.4. The van der Waals surface area contributed by atoms with Crippen molar-refractivity contribution in [3.05, 3.63) is 65.5 Å². The number of para-hydroxylation sites is 1. The number of carbonyl (C=O) groups is 1. The molecule has 0 saturated heterocycles. The summed E-state index contributed by atoms with van der Waals surface area (Å²) in [6, 6.07) is 13.5. The SMILES string of the molecule is COc1ccccc1C1=NN(C(C)=O)C(c2cccc(F)c2)C1. The van der Waals surface area contributed by atoms with Crippen molar-refractivity contribution in [2.24, 2.45) is 5.10 Å². The molecule has 0 N–H and O–H groups in total. The third-order valence-electron chi connectivity index (χ3n) is 3.88. The van der Waals surface area contributed by atoms with Crippen molar-refractivity contribution in [2.75, 3.05) is 7.11 Å². The van der Waals surface area contributed by atoms with Crippen LogP contribution in [0, 0.1) is 5.82 Å². The quantitative estimate of drug-likeness (QED) is 0.870. The van der Waals surface area contributed by atoms with Crippen LogP contribution in [-0.4, -0.2) is 23.7 Å². The van der Waals surface area contributed by atoms with Gasteiger partial charge in [-0.25, -0.2) is 9.40 Å². The number of hydrazone groups is 1. The van der Waals surface area contributed by atoms with Crippen LogP contribution < -0.4 is 4.74 Å². The lowest BCUT2D eigenvalue weighted by molar-refractivity contribution is -0.130. The molecule has 0 radical (unpaired) electrons. The largest absolute Gasteiger partial charge is 0.496 e. The van der Waals surface area contributed by atoms with Crippen molar-refractivity contribution >= 4 is 11.6 Å². The van der Waals surface area contributed by atoms with Gasteiger partial charge in [0.15, 0.2) is 0 Å². The minimum atomic E-state index is -0.322. The number of amides is 1. The summed E-state index contributed by atoms with van der Waals surface area (Å²) in [6.45, 7) is 1.46. The molecule has 5 heteroatoms. The number of hydrogen-bond donors (Lipinski definition) is 0. The van der Waals surface area contributed by atoms with E-state index in [-0.39, 0.29) is 17.8 Å². The lowest BCUT2D eigenvalue weighted by Gasteiger charge is -2.20. The van der Waals surface area contributed by atoms with Crippen LogP contribution >= 0.6 is 0 Å². The minimum Gasteiger partial charge on any atom is -0.496 e. The van der Waals surface area contributed by atoms with Crippen LogP contribution in [0.15, 0.2) is 53.6 Å². The first-order valence-electron chi connectivity index (χ1n) is 7.36. The van der Waals surface area contributed by atoms with Crippen molar-refractivity contribution in [1.82, 2.24) is 5.01 Å². The number of rotatable bonds is 3. The Bertz CT molecular complexity index is 773. The van der Waals surface area contributed by atoms with Crippen LogP contribution in [0.25, 0.3) is 0 Å². The lowest BCUT2D eigenvalue weighted by Crippen LogP contribution is -2.24. The number of benzene rings is 2. The molecule has 2 aromatic carbocycles. The van der Waals surface area contributed by atoms with Crippen LogP contribution in [0.4, 0.5) is 4.39 Å². The molecule has 0 saturated carbocycles. The molecule has 2 aromatic rings. The van der Waals surface area contributed by atoms with Gasteiger partial charge in [-0.2, -0.15) is 5.10 Å². The second kappa shape index (κ2) is 6.20. The third-order valence-corrected chi connectivity index (χ3v) is 3.88. The fraction of sp³-hybridized carbons (Fsp3) is 0.222. The van der Waals surface area contributed by atoms with Gasteiger partial charge in [-0.1, -0.05) is 24.3 Å². The first kappa shape index (κ1) is 15.2. The maximum absolute atomic E-state index is 13.5. The summed E-state index contributed by atoms with van der Waals surface area (Å²) in [7, 11) is 1.60. The van der Waals surface area contributed by atoms with Gasteiger partial charge < -0.3 is 4.74 Å². The standard InChI is InChI=1S/C18H17FN2O2/c1-12(22)21-17(13-6-5-7-14(19)10-13)11-16(20-21)15-8-3-4-9-18(15)23-2/h3-10,17H,11H2,1-2H3. The molecule has 4 nitrogen and oxygen atoms in total. The number of halogens is 1. The van der Waals surface area contributed by atoms with E-state index >= 15 is 0 Å². The van der Waals surface area contributed by atoms with Gasteiger partial charge in [0.1, 0.15) is 11.6 Å². The van der Waals surface area contributed by atoms with Gasteiger partial charge >= 0.3 is 0 Å². The molecule has 118 valence electrons.